The highest BCUT2D eigenvalue weighted by atomic mass is 16.5. The Kier molecular flexibility index (Phi) is 18.1. The SMILES string of the molecule is CC.CC.CC(=O)CCOCCCN1CCC(O)CC1. The Balaban J connectivity index is 0. The van der Waals surface area contributed by atoms with E-state index in [9.17, 15) is 9.90 Å². The maximum Gasteiger partial charge on any atom is 0.132 e. The quantitative estimate of drug-likeness (QED) is 0.732. The Morgan fingerprint density at radius 2 is 1.70 bits per heavy atom. The zero-order chi connectivity index (χ0) is 15.8. The zero-order valence-electron chi connectivity index (χ0n) is 14.2. The van der Waals surface area contributed by atoms with E-state index in [0.29, 0.717) is 13.0 Å². The summed E-state index contributed by atoms with van der Waals surface area (Å²) in [6.07, 6.45) is 3.23. The molecule has 0 atom stereocenters. The Labute approximate surface area is 125 Å². The number of likely N-dealkylation sites (tertiary alicyclic amines) is 1. The van der Waals surface area contributed by atoms with Crippen molar-refractivity contribution in [2.24, 2.45) is 0 Å². The number of rotatable bonds is 7. The molecule has 0 aliphatic carbocycles. The van der Waals surface area contributed by atoms with Gasteiger partial charge in [-0.2, -0.15) is 0 Å². The van der Waals surface area contributed by atoms with Gasteiger partial charge in [-0.1, -0.05) is 27.7 Å². The molecular weight excluding hydrogens is 254 g/mol. The number of ether oxygens (including phenoxy) is 1. The Hall–Kier alpha value is -0.450. The van der Waals surface area contributed by atoms with E-state index >= 15 is 0 Å². The zero-order valence-corrected chi connectivity index (χ0v) is 14.2. The van der Waals surface area contributed by atoms with Crippen LogP contribution in [0.5, 0.6) is 0 Å². The van der Waals surface area contributed by atoms with E-state index in [2.05, 4.69) is 4.90 Å². The van der Waals surface area contributed by atoms with E-state index in [-0.39, 0.29) is 11.9 Å². The Morgan fingerprint density at radius 1 is 1.15 bits per heavy atom. The molecule has 20 heavy (non-hydrogen) atoms. The molecule has 0 unspecified atom stereocenters. The van der Waals surface area contributed by atoms with Gasteiger partial charge in [-0.3, -0.25) is 4.79 Å². The van der Waals surface area contributed by atoms with Crippen LogP contribution in [0.3, 0.4) is 0 Å². The lowest BCUT2D eigenvalue weighted by atomic mass is 10.1. The Morgan fingerprint density at radius 3 is 2.20 bits per heavy atom. The number of ketones is 1. The molecule has 122 valence electrons. The van der Waals surface area contributed by atoms with Gasteiger partial charge in [0.2, 0.25) is 0 Å². The highest BCUT2D eigenvalue weighted by Gasteiger charge is 2.15. The van der Waals surface area contributed by atoms with Crippen molar-refractivity contribution in [2.75, 3.05) is 32.8 Å². The minimum absolute atomic E-state index is 0.0944. The van der Waals surface area contributed by atoms with Gasteiger partial charge >= 0.3 is 0 Å². The van der Waals surface area contributed by atoms with Crippen LogP contribution in [0, 0.1) is 0 Å². The van der Waals surface area contributed by atoms with Gasteiger partial charge in [0.1, 0.15) is 5.78 Å². The lowest BCUT2D eigenvalue weighted by Gasteiger charge is -2.29. The fourth-order valence-electron chi connectivity index (χ4n) is 1.85. The van der Waals surface area contributed by atoms with Gasteiger partial charge in [-0.05, 0) is 26.2 Å². The molecular formula is C16H35NO3. The van der Waals surface area contributed by atoms with Gasteiger partial charge in [-0.25, -0.2) is 0 Å². The summed E-state index contributed by atoms with van der Waals surface area (Å²) in [5.74, 6) is 0.185. The number of nitrogens with zero attached hydrogens (tertiary/aromatic N) is 1. The smallest absolute Gasteiger partial charge is 0.132 e. The van der Waals surface area contributed by atoms with Crippen molar-refractivity contribution >= 4 is 5.78 Å². The third-order valence-corrected chi connectivity index (χ3v) is 2.92. The summed E-state index contributed by atoms with van der Waals surface area (Å²) in [6.45, 7) is 13.9. The van der Waals surface area contributed by atoms with Crippen molar-refractivity contribution in [3.8, 4) is 0 Å². The molecule has 0 amide bonds. The second-order valence-electron chi connectivity index (χ2n) is 4.49. The molecule has 1 rings (SSSR count). The van der Waals surface area contributed by atoms with E-state index in [1.807, 2.05) is 27.7 Å². The normalized spacial score (nSPS) is 15.7. The van der Waals surface area contributed by atoms with Crippen LogP contribution in [-0.2, 0) is 9.53 Å². The molecule has 1 fully saturated rings. The minimum atomic E-state index is -0.0944. The molecule has 0 aromatic rings. The van der Waals surface area contributed by atoms with Crippen molar-refractivity contribution < 1.29 is 14.6 Å². The second-order valence-corrected chi connectivity index (χ2v) is 4.49. The summed E-state index contributed by atoms with van der Waals surface area (Å²) in [5.41, 5.74) is 0. The van der Waals surface area contributed by atoms with Gasteiger partial charge in [0, 0.05) is 32.7 Å². The molecule has 1 saturated heterocycles. The monoisotopic (exact) mass is 289 g/mol. The van der Waals surface area contributed by atoms with Gasteiger partial charge in [0.25, 0.3) is 0 Å². The predicted octanol–water partition coefficient (Wildman–Crippen LogP) is 2.88. The third-order valence-electron chi connectivity index (χ3n) is 2.92. The maximum atomic E-state index is 10.6. The number of piperidine rings is 1. The highest BCUT2D eigenvalue weighted by Crippen LogP contribution is 2.09. The summed E-state index contributed by atoms with van der Waals surface area (Å²) >= 11 is 0. The average Bonchev–Trinajstić information content (AvgIpc) is 2.48. The minimum Gasteiger partial charge on any atom is -0.393 e. The van der Waals surface area contributed by atoms with Crippen LogP contribution < -0.4 is 0 Å². The maximum absolute atomic E-state index is 10.6. The van der Waals surface area contributed by atoms with Crippen LogP contribution in [-0.4, -0.2) is 54.7 Å². The number of carbonyl (C=O) groups is 1. The van der Waals surface area contributed by atoms with Crippen LogP contribution in [0.4, 0.5) is 0 Å². The van der Waals surface area contributed by atoms with Gasteiger partial charge in [-0.15, -0.1) is 0 Å². The first-order valence-electron chi connectivity index (χ1n) is 8.16. The molecule has 4 nitrogen and oxygen atoms in total. The van der Waals surface area contributed by atoms with Gasteiger partial charge < -0.3 is 14.7 Å². The van der Waals surface area contributed by atoms with Gasteiger partial charge in [0.15, 0.2) is 0 Å². The van der Waals surface area contributed by atoms with Crippen molar-refractivity contribution in [3.63, 3.8) is 0 Å². The molecule has 0 aromatic carbocycles. The number of Topliss-reactive ketones (excluding diaryl/α,β-unsaturated/α-hetero) is 1. The molecule has 1 aliphatic rings. The molecule has 4 heteroatoms. The molecule has 1 aliphatic heterocycles. The van der Waals surface area contributed by atoms with Crippen LogP contribution in [0.2, 0.25) is 0 Å². The summed E-state index contributed by atoms with van der Waals surface area (Å²) in [4.78, 5) is 13.0. The van der Waals surface area contributed by atoms with Crippen LogP contribution in [0.25, 0.3) is 0 Å². The Bertz CT molecular complexity index is 202. The first-order valence-corrected chi connectivity index (χ1v) is 8.16. The number of hydrogen-bond donors (Lipinski definition) is 1. The molecule has 0 saturated carbocycles. The highest BCUT2D eigenvalue weighted by molar-refractivity contribution is 5.75. The topological polar surface area (TPSA) is 49.8 Å². The fourth-order valence-corrected chi connectivity index (χ4v) is 1.85. The molecule has 0 bridgehead atoms. The first-order chi connectivity index (χ1) is 9.68. The van der Waals surface area contributed by atoms with Crippen molar-refractivity contribution in [3.05, 3.63) is 0 Å². The van der Waals surface area contributed by atoms with Crippen molar-refractivity contribution in [1.82, 2.24) is 4.90 Å². The standard InChI is InChI=1S/C12H23NO3.2C2H6/c1-11(14)5-10-16-9-2-6-13-7-3-12(15)4-8-13;2*1-2/h12,15H,2-10H2,1H3;2*1-2H3. The van der Waals surface area contributed by atoms with E-state index in [1.165, 1.54) is 0 Å². The van der Waals surface area contributed by atoms with Crippen LogP contribution >= 0.6 is 0 Å². The predicted molar refractivity (Wildman–Crippen MR) is 85.1 cm³/mol. The summed E-state index contributed by atoms with van der Waals surface area (Å²) in [5, 5.41) is 9.34. The average molecular weight is 289 g/mol. The van der Waals surface area contributed by atoms with E-state index in [0.717, 1.165) is 45.5 Å². The van der Waals surface area contributed by atoms with Crippen LogP contribution in [0.1, 0.15) is 60.3 Å². The number of aliphatic hydroxyl groups excluding tert-OH is 1. The van der Waals surface area contributed by atoms with E-state index in [1.54, 1.807) is 6.92 Å². The largest absolute Gasteiger partial charge is 0.393 e. The van der Waals surface area contributed by atoms with Crippen molar-refractivity contribution in [2.45, 2.75) is 66.4 Å². The molecule has 0 spiro atoms. The first kappa shape index (κ1) is 21.8. The summed E-state index contributed by atoms with van der Waals surface area (Å²) in [6, 6.07) is 0. The molecule has 1 N–H and O–H groups in total. The number of aliphatic hydroxyl groups is 1. The van der Waals surface area contributed by atoms with Gasteiger partial charge in [0.05, 0.1) is 12.7 Å². The third kappa shape index (κ3) is 14.0. The molecule has 1 heterocycles. The summed E-state index contributed by atoms with van der Waals surface area (Å²) in [7, 11) is 0. The fraction of sp³-hybridized carbons (Fsp3) is 0.938. The molecule has 0 aromatic heterocycles. The lowest BCUT2D eigenvalue weighted by Crippen LogP contribution is -2.36. The number of carbonyl (C=O) groups excluding carboxylic acids is 1. The lowest BCUT2D eigenvalue weighted by molar-refractivity contribution is -0.118. The van der Waals surface area contributed by atoms with Crippen molar-refractivity contribution in [1.29, 1.82) is 0 Å². The van der Waals surface area contributed by atoms with E-state index in [4.69, 9.17) is 4.74 Å². The number of hydrogen-bond acceptors (Lipinski definition) is 4. The molecule has 0 radical (unpaired) electrons. The summed E-state index contributed by atoms with van der Waals surface area (Å²) < 4.78 is 5.36. The van der Waals surface area contributed by atoms with E-state index < -0.39 is 0 Å². The van der Waals surface area contributed by atoms with Crippen LogP contribution in [0.15, 0.2) is 0 Å². The second kappa shape index (κ2) is 16.6.